The van der Waals surface area contributed by atoms with Crippen molar-refractivity contribution in [2.24, 2.45) is 11.8 Å². The maximum Gasteiger partial charge on any atom is 0.154 e. The molecule has 0 fully saturated rings. The summed E-state index contributed by atoms with van der Waals surface area (Å²) in [6.45, 7) is 4.01. The Morgan fingerprint density at radius 1 is 1.07 bits per heavy atom. The first-order valence-corrected chi connectivity index (χ1v) is 5.49. The van der Waals surface area contributed by atoms with Crippen LogP contribution in [0.2, 0.25) is 0 Å². The highest BCUT2D eigenvalue weighted by Crippen LogP contribution is 2.18. The van der Waals surface area contributed by atoms with E-state index in [1.807, 2.05) is 25.1 Å². The van der Waals surface area contributed by atoms with E-state index in [9.17, 15) is 0 Å². The summed E-state index contributed by atoms with van der Waals surface area (Å²) in [7, 11) is 0. The Labute approximate surface area is 91.6 Å². The average molecular weight is 208 g/mol. The van der Waals surface area contributed by atoms with E-state index < -0.39 is 6.29 Å². The molecule has 0 bridgehead atoms. The zero-order valence-corrected chi connectivity index (χ0v) is 9.43. The molecule has 0 heterocycles. The van der Waals surface area contributed by atoms with Gasteiger partial charge in [-0.15, -0.1) is 0 Å². The summed E-state index contributed by atoms with van der Waals surface area (Å²) in [6.07, 6.45) is 0.646. The van der Waals surface area contributed by atoms with Crippen molar-refractivity contribution in [3.63, 3.8) is 0 Å². The molecular formula is C13H20O2. The van der Waals surface area contributed by atoms with E-state index in [-0.39, 0.29) is 5.92 Å². The molecule has 1 rings (SSSR count). The normalized spacial score (nSPS) is 15.3. The third-order valence-corrected chi connectivity index (χ3v) is 2.71. The smallest absolute Gasteiger partial charge is 0.154 e. The fourth-order valence-electron chi connectivity index (χ4n) is 1.86. The van der Waals surface area contributed by atoms with Gasteiger partial charge in [0.15, 0.2) is 6.29 Å². The standard InChI is InChI=1S/C13H20O2/c1-10(8-11(2)13(14)15)9-12-6-4-3-5-7-12/h3-7,10-11,13-15H,8-9H2,1-2H3. The lowest BCUT2D eigenvalue weighted by Gasteiger charge is -2.18. The maximum absolute atomic E-state index is 8.99. The molecule has 0 aliphatic rings. The van der Waals surface area contributed by atoms with E-state index in [1.54, 1.807) is 0 Å². The lowest BCUT2D eigenvalue weighted by Crippen LogP contribution is -2.19. The van der Waals surface area contributed by atoms with Crippen molar-refractivity contribution >= 4 is 0 Å². The Morgan fingerprint density at radius 3 is 2.20 bits per heavy atom. The summed E-state index contributed by atoms with van der Waals surface area (Å²) in [5.41, 5.74) is 1.31. The third kappa shape index (κ3) is 4.45. The molecule has 0 amide bonds. The van der Waals surface area contributed by atoms with E-state index in [0.717, 1.165) is 12.8 Å². The fourth-order valence-corrected chi connectivity index (χ4v) is 1.86. The molecule has 2 nitrogen and oxygen atoms in total. The van der Waals surface area contributed by atoms with Gasteiger partial charge in [-0.05, 0) is 24.3 Å². The molecule has 2 unspecified atom stereocenters. The van der Waals surface area contributed by atoms with Crippen LogP contribution in [0.4, 0.5) is 0 Å². The van der Waals surface area contributed by atoms with E-state index in [2.05, 4.69) is 19.1 Å². The van der Waals surface area contributed by atoms with E-state index in [4.69, 9.17) is 10.2 Å². The quantitative estimate of drug-likeness (QED) is 0.728. The second kappa shape index (κ2) is 5.89. The predicted molar refractivity (Wildman–Crippen MR) is 61.3 cm³/mol. The van der Waals surface area contributed by atoms with Gasteiger partial charge < -0.3 is 10.2 Å². The number of aliphatic hydroxyl groups excluding tert-OH is 1. The lowest BCUT2D eigenvalue weighted by molar-refractivity contribution is -0.0834. The molecule has 0 spiro atoms. The first kappa shape index (κ1) is 12.2. The Hall–Kier alpha value is -0.860. The Morgan fingerprint density at radius 2 is 1.67 bits per heavy atom. The van der Waals surface area contributed by atoms with Crippen LogP contribution in [-0.2, 0) is 6.42 Å². The van der Waals surface area contributed by atoms with Gasteiger partial charge in [0, 0.05) is 5.92 Å². The molecule has 0 radical (unpaired) electrons. The highest BCUT2D eigenvalue weighted by atomic mass is 16.5. The molecule has 0 aromatic heterocycles. The Kier molecular flexibility index (Phi) is 4.79. The number of hydrogen-bond donors (Lipinski definition) is 2. The van der Waals surface area contributed by atoms with Crippen LogP contribution in [0.25, 0.3) is 0 Å². The minimum atomic E-state index is -1.19. The molecule has 15 heavy (non-hydrogen) atoms. The molecule has 1 aromatic carbocycles. The first-order chi connectivity index (χ1) is 7.09. The van der Waals surface area contributed by atoms with Crippen molar-refractivity contribution in [2.45, 2.75) is 33.0 Å². The highest BCUT2D eigenvalue weighted by molar-refractivity contribution is 5.15. The van der Waals surface area contributed by atoms with Crippen molar-refractivity contribution in [1.29, 1.82) is 0 Å². The van der Waals surface area contributed by atoms with Crippen molar-refractivity contribution in [2.75, 3.05) is 0 Å². The average Bonchev–Trinajstić information content (AvgIpc) is 2.18. The molecule has 0 aliphatic carbocycles. The molecule has 0 saturated heterocycles. The van der Waals surface area contributed by atoms with Gasteiger partial charge in [0.1, 0.15) is 0 Å². The van der Waals surface area contributed by atoms with Gasteiger partial charge >= 0.3 is 0 Å². The minimum Gasteiger partial charge on any atom is -0.368 e. The lowest BCUT2D eigenvalue weighted by atomic mass is 9.91. The van der Waals surface area contributed by atoms with Gasteiger partial charge in [-0.3, -0.25) is 0 Å². The van der Waals surface area contributed by atoms with Crippen LogP contribution in [0, 0.1) is 11.8 Å². The SMILES string of the molecule is CC(Cc1ccccc1)CC(C)C(O)O. The number of benzene rings is 1. The van der Waals surface area contributed by atoms with Crippen LogP contribution in [0.1, 0.15) is 25.8 Å². The van der Waals surface area contributed by atoms with Gasteiger partial charge in [0.25, 0.3) is 0 Å². The van der Waals surface area contributed by atoms with Gasteiger partial charge in [0.2, 0.25) is 0 Å². The molecular weight excluding hydrogens is 188 g/mol. The van der Waals surface area contributed by atoms with E-state index in [1.165, 1.54) is 5.56 Å². The van der Waals surface area contributed by atoms with Crippen molar-refractivity contribution in [3.8, 4) is 0 Å². The van der Waals surface area contributed by atoms with Crippen LogP contribution < -0.4 is 0 Å². The van der Waals surface area contributed by atoms with Gasteiger partial charge in [-0.2, -0.15) is 0 Å². The maximum atomic E-state index is 8.99. The van der Waals surface area contributed by atoms with Crippen LogP contribution in [0.3, 0.4) is 0 Å². The summed E-state index contributed by atoms with van der Waals surface area (Å²) in [6, 6.07) is 10.3. The van der Waals surface area contributed by atoms with Crippen LogP contribution in [-0.4, -0.2) is 16.5 Å². The number of rotatable bonds is 5. The molecule has 0 aliphatic heterocycles. The highest BCUT2D eigenvalue weighted by Gasteiger charge is 2.14. The second-order valence-corrected chi connectivity index (χ2v) is 4.42. The second-order valence-electron chi connectivity index (χ2n) is 4.42. The largest absolute Gasteiger partial charge is 0.368 e. The van der Waals surface area contributed by atoms with Crippen molar-refractivity contribution < 1.29 is 10.2 Å². The number of aliphatic hydroxyl groups is 2. The zero-order chi connectivity index (χ0) is 11.3. The molecule has 2 heteroatoms. The Balaban J connectivity index is 2.39. The molecule has 2 atom stereocenters. The van der Waals surface area contributed by atoms with Crippen LogP contribution in [0.15, 0.2) is 30.3 Å². The van der Waals surface area contributed by atoms with Gasteiger partial charge in [0.05, 0.1) is 0 Å². The fraction of sp³-hybridized carbons (Fsp3) is 0.538. The summed E-state index contributed by atoms with van der Waals surface area (Å²) in [4.78, 5) is 0. The topological polar surface area (TPSA) is 40.5 Å². The molecule has 1 aromatic rings. The van der Waals surface area contributed by atoms with Crippen LogP contribution >= 0.6 is 0 Å². The monoisotopic (exact) mass is 208 g/mol. The van der Waals surface area contributed by atoms with Gasteiger partial charge in [-0.25, -0.2) is 0 Å². The molecule has 0 saturated carbocycles. The van der Waals surface area contributed by atoms with E-state index in [0.29, 0.717) is 5.92 Å². The van der Waals surface area contributed by atoms with Crippen LogP contribution in [0.5, 0.6) is 0 Å². The molecule has 2 N–H and O–H groups in total. The summed E-state index contributed by atoms with van der Waals surface area (Å²) < 4.78 is 0. The molecule has 84 valence electrons. The number of hydrogen-bond acceptors (Lipinski definition) is 2. The summed E-state index contributed by atoms with van der Waals surface area (Å²) in [5.74, 6) is 0.424. The minimum absolute atomic E-state index is 0.0521. The summed E-state index contributed by atoms with van der Waals surface area (Å²) in [5, 5.41) is 18.0. The zero-order valence-electron chi connectivity index (χ0n) is 9.43. The first-order valence-electron chi connectivity index (χ1n) is 5.49. The Bertz CT molecular complexity index is 269. The summed E-state index contributed by atoms with van der Waals surface area (Å²) >= 11 is 0. The van der Waals surface area contributed by atoms with Crippen molar-refractivity contribution in [3.05, 3.63) is 35.9 Å². The van der Waals surface area contributed by atoms with Gasteiger partial charge in [-0.1, -0.05) is 44.2 Å². The van der Waals surface area contributed by atoms with E-state index >= 15 is 0 Å². The third-order valence-electron chi connectivity index (χ3n) is 2.71. The predicted octanol–water partition coefficient (Wildman–Crippen LogP) is 2.20. The van der Waals surface area contributed by atoms with Crippen molar-refractivity contribution in [1.82, 2.24) is 0 Å².